The van der Waals surface area contributed by atoms with Crippen molar-refractivity contribution in [2.75, 3.05) is 18.4 Å². The highest BCUT2D eigenvalue weighted by Crippen LogP contribution is 2.29. The molecular weight excluding hydrogens is 232 g/mol. The van der Waals surface area contributed by atoms with Gasteiger partial charge in [-0.05, 0) is 12.1 Å². The first kappa shape index (κ1) is 12.1. The molecule has 6 heteroatoms. The van der Waals surface area contributed by atoms with Gasteiger partial charge in [0.25, 0.3) is 0 Å². The average Bonchev–Trinajstić information content (AvgIpc) is 2.41. The Hall–Kier alpha value is -2.34. The molecule has 1 aromatic heterocycles. The summed E-state index contributed by atoms with van der Waals surface area (Å²) in [6.45, 7) is 1.12. The summed E-state index contributed by atoms with van der Waals surface area (Å²) in [5, 5.41) is 12.5. The number of phenolic OH excluding ortho intramolecular Hbond substituents is 1. The van der Waals surface area contributed by atoms with Crippen LogP contribution in [0.2, 0.25) is 0 Å². The quantitative estimate of drug-likeness (QED) is 0.737. The minimum atomic E-state index is 0.0721. The fourth-order valence-corrected chi connectivity index (χ4v) is 1.31. The SMILES string of the molecule is NCCNc1ncc(Oc2ccccc2O)cn1. The van der Waals surface area contributed by atoms with Crippen molar-refractivity contribution in [3.05, 3.63) is 36.7 Å². The predicted octanol–water partition coefficient (Wildman–Crippen LogP) is 1.35. The van der Waals surface area contributed by atoms with Crippen molar-refractivity contribution in [2.24, 2.45) is 5.73 Å². The van der Waals surface area contributed by atoms with E-state index in [0.717, 1.165) is 0 Å². The summed E-state index contributed by atoms with van der Waals surface area (Å²) >= 11 is 0. The molecule has 0 aliphatic carbocycles. The Morgan fingerprint density at radius 3 is 2.61 bits per heavy atom. The maximum Gasteiger partial charge on any atom is 0.222 e. The van der Waals surface area contributed by atoms with Gasteiger partial charge < -0.3 is 20.9 Å². The van der Waals surface area contributed by atoms with Gasteiger partial charge in [0.15, 0.2) is 17.2 Å². The summed E-state index contributed by atoms with van der Waals surface area (Å²) in [5.41, 5.74) is 5.35. The second kappa shape index (κ2) is 5.83. The van der Waals surface area contributed by atoms with E-state index in [-0.39, 0.29) is 5.75 Å². The molecule has 0 unspecified atom stereocenters. The van der Waals surface area contributed by atoms with Crippen molar-refractivity contribution >= 4 is 5.95 Å². The van der Waals surface area contributed by atoms with Crippen molar-refractivity contribution in [1.29, 1.82) is 0 Å². The van der Waals surface area contributed by atoms with Crippen LogP contribution in [0.15, 0.2) is 36.7 Å². The van der Waals surface area contributed by atoms with E-state index >= 15 is 0 Å². The highest BCUT2D eigenvalue weighted by molar-refractivity contribution is 5.41. The van der Waals surface area contributed by atoms with Crippen molar-refractivity contribution in [2.45, 2.75) is 0 Å². The van der Waals surface area contributed by atoms with E-state index in [1.807, 2.05) is 0 Å². The molecule has 18 heavy (non-hydrogen) atoms. The van der Waals surface area contributed by atoms with Gasteiger partial charge >= 0.3 is 0 Å². The number of rotatable bonds is 5. The van der Waals surface area contributed by atoms with Gasteiger partial charge in [-0.1, -0.05) is 12.1 Å². The predicted molar refractivity (Wildman–Crippen MR) is 67.8 cm³/mol. The highest BCUT2D eigenvalue weighted by Gasteiger charge is 2.03. The number of aromatic hydroxyl groups is 1. The van der Waals surface area contributed by atoms with Gasteiger partial charge in [-0.2, -0.15) is 0 Å². The molecule has 0 fully saturated rings. The molecule has 0 bridgehead atoms. The van der Waals surface area contributed by atoms with E-state index in [9.17, 15) is 5.11 Å². The lowest BCUT2D eigenvalue weighted by Gasteiger charge is -2.07. The number of phenols is 1. The third-order valence-electron chi connectivity index (χ3n) is 2.15. The topological polar surface area (TPSA) is 93.3 Å². The first-order valence-electron chi connectivity index (χ1n) is 5.51. The molecule has 0 spiro atoms. The molecule has 94 valence electrons. The first-order valence-corrected chi connectivity index (χ1v) is 5.51. The van der Waals surface area contributed by atoms with Crippen LogP contribution in [0.4, 0.5) is 5.95 Å². The van der Waals surface area contributed by atoms with E-state index < -0.39 is 0 Å². The molecule has 2 aromatic rings. The molecule has 6 nitrogen and oxygen atoms in total. The Bertz CT molecular complexity index is 502. The second-order valence-corrected chi connectivity index (χ2v) is 3.53. The molecule has 0 saturated heterocycles. The molecule has 1 aromatic carbocycles. The first-order chi connectivity index (χ1) is 8.79. The van der Waals surface area contributed by atoms with Gasteiger partial charge in [-0.15, -0.1) is 0 Å². The molecule has 4 N–H and O–H groups in total. The van der Waals surface area contributed by atoms with E-state index in [0.29, 0.717) is 30.5 Å². The molecule has 0 aliphatic heterocycles. The van der Waals surface area contributed by atoms with Crippen molar-refractivity contribution < 1.29 is 9.84 Å². The fourth-order valence-electron chi connectivity index (χ4n) is 1.31. The van der Waals surface area contributed by atoms with Crippen LogP contribution in [0, 0.1) is 0 Å². The van der Waals surface area contributed by atoms with Gasteiger partial charge in [0.1, 0.15) is 0 Å². The van der Waals surface area contributed by atoms with Gasteiger partial charge in [0, 0.05) is 13.1 Å². The molecule has 0 atom stereocenters. The number of para-hydroxylation sites is 2. The Morgan fingerprint density at radius 1 is 1.22 bits per heavy atom. The molecule has 0 saturated carbocycles. The Labute approximate surface area is 104 Å². The molecule has 0 amide bonds. The minimum absolute atomic E-state index is 0.0721. The largest absolute Gasteiger partial charge is 0.504 e. The van der Waals surface area contributed by atoms with E-state index in [1.54, 1.807) is 24.3 Å². The van der Waals surface area contributed by atoms with Crippen LogP contribution in [0.5, 0.6) is 17.2 Å². The molecule has 0 aliphatic rings. The third kappa shape index (κ3) is 3.08. The zero-order valence-corrected chi connectivity index (χ0v) is 9.71. The monoisotopic (exact) mass is 246 g/mol. The maximum atomic E-state index is 9.55. The maximum absolute atomic E-state index is 9.55. The molecule has 1 heterocycles. The minimum Gasteiger partial charge on any atom is -0.504 e. The van der Waals surface area contributed by atoms with E-state index in [1.165, 1.54) is 12.4 Å². The Kier molecular flexibility index (Phi) is 3.93. The smallest absolute Gasteiger partial charge is 0.222 e. The lowest BCUT2D eigenvalue weighted by molar-refractivity contribution is 0.409. The van der Waals surface area contributed by atoms with Crippen molar-refractivity contribution in [3.8, 4) is 17.2 Å². The summed E-state index contributed by atoms with van der Waals surface area (Å²) in [6.07, 6.45) is 3.05. The van der Waals surface area contributed by atoms with Crippen LogP contribution < -0.4 is 15.8 Å². The lowest BCUT2D eigenvalue weighted by Crippen LogP contribution is -2.14. The van der Waals surface area contributed by atoms with Crippen molar-refractivity contribution in [3.63, 3.8) is 0 Å². The van der Waals surface area contributed by atoms with Crippen LogP contribution in [0.25, 0.3) is 0 Å². The number of nitrogens with one attached hydrogen (secondary N) is 1. The molecule has 0 radical (unpaired) electrons. The van der Waals surface area contributed by atoms with Crippen LogP contribution in [0.3, 0.4) is 0 Å². The zero-order valence-electron chi connectivity index (χ0n) is 9.71. The zero-order chi connectivity index (χ0) is 12.8. The third-order valence-corrected chi connectivity index (χ3v) is 2.15. The number of nitrogens with zero attached hydrogens (tertiary/aromatic N) is 2. The average molecular weight is 246 g/mol. The highest BCUT2D eigenvalue weighted by atomic mass is 16.5. The van der Waals surface area contributed by atoms with Crippen molar-refractivity contribution in [1.82, 2.24) is 9.97 Å². The van der Waals surface area contributed by atoms with Crippen LogP contribution in [-0.2, 0) is 0 Å². The summed E-state index contributed by atoms with van der Waals surface area (Å²) < 4.78 is 5.44. The summed E-state index contributed by atoms with van der Waals surface area (Å²) in [6, 6.07) is 6.70. The van der Waals surface area contributed by atoms with E-state index in [4.69, 9.17) is 10.5 Å². The normalized spacial score (nSPS) is 10.1. The van der Waals surface area contributed by atoms with Crippen LogP contribution in [-0.4, -0.2) is 28.2 Å². The van der Waals surface area contributed by atoms with Gasteiger partial charge in [-0.25, -0.2) is 9.97 Å². The van der Waals surface area contributed by atoms with Gasteiger partial charge in [0.05, 0.1) is 12.4 Å². The van der Waals surface area contributed by atoms with Crippen LogP contribution in [0.1, 0.15) is 0 Å². The van der Waals surface area contributed by atoms with Crippen LogP contribution >= 0.6 is 0 Å². The number of hydrogen-bond acceptors (Lipinski definition) is 6. The number of hydrogen-bond donors (Lipinski definition) is 3. The van der Waals surface area contributed by atoms with Gasteiger partial charge in [0.2, 0.25) is 5.95 Å². The number of ether oxygens (including phenoxy) is 1. The van der Waals surface area contributed by atoms with Gasteiger partial charge in [-0.3, -0.25) is 0 Å². The van der Waals surface area contributed by atoms with E-state index in [2.05, 4.69) is 15.3 Å². The number of anilines is 1. The Balaban J connectivity index is 2.04. The summed E-state index contributed by atoms with van der Waals surface area (Å²) in [4.78, 5) is 8.12. The number of nitrogens with two attached hydrogens (primary N) is 1. The number of benzene rings is 1. The second-order valence-electron chi connectivity index (χ2n) is 3.53. The summed E-state index contributed by atoms with van der Waals surface area (Å²) in [7, 11) is 0. The Morgan fingerprint density at radius 2 is 1.94 bits per heavy atom. The lowest BCUT2D eigenvalue weighted by atomic mass is 10.3. The summed E-state index contributed by atoms with van der Waals surface area (Å²) in [5.74, 6) is 1.38. The fraction of sp³-hybridized carbons (Fsp3) is 0.167. The number of aromatic nitrogens is 2. The molecular formula is C12H14N4O2. The standard InChI is InChI=1S/C12H14N4O2/c13-5-6-14-12-15-7-9(8-16-12)18-11-4-2-1-3-10(11)17/h1-4,7-8,17H,5-6,13H2,(H,14,15,16). The molecule has 2 rings (SSSR count).